The van der Waals surface area contributed by atoms with Crippen LogP contribution >= 0.6 is 0 Å². The molecule has 0 radical (unpaired) electrons. The third-order valence-corrected chi connectivity index (χ3v) is 0.815. The molecule has 0 saturated carbocycles. The number of hydrogen-bond donors (Lipinski definition) is 2. The Morgan fingerprint density at radius 3 is 2.67 bits per heavy atom. The van der Waals surface area contributed by atoms with Crippen LogP contribution in [0.25, 0.3) is 0 Å². The standard InChI is InChI=1S/C6H11NO2/c1-2-3-5(8)4-6(7)9/h4,8H,2-3H2,1H3,(H2,7,9)/b5-4-. The predicted octanol–water partition coefficient (Wildman–Crippen LogP) is 0.714. The van der Waals surface area contributed by atoms with Crippen LogP contribution in [0.15, 0.2) is 11.8 Å². The van der Waals surface area contributed by atoms with Gasteiger partial charge >= 0.3 is 0 Å². The largest absolute Gasteiger partial charge is 0.512 e. The second-order valence-electron chi connectivity index (χ2n) is 1.79. The zero-order chi connectivity index (χ0) is 7.28. The molecule has 0 bridgehead atoms. The zero-order valence-corrected chi connectivity index (χ0v) is 5.42. The van der Waals surface area contributed by atoms with Crippen molar-refractivity contribution in [2.45, 2.75) is 19.8 Å². The minimum Gasteiger partial charge on any atom is -0.512 e. The van der Waals surface area contributed by atoms with Gasteiger partial charge in [-0.2, -0.15) is 0 Å². The van der Waals surface area contributed by atoms with Gasteiger partial charge in [-0.1, -0.05) is 6.92 Å². The van der Waals surface area contributed by atoms with Crippen LogP contribution in [-0.4, -0.2) is 11.0 Å². The molecular formula is C6H11NO2. The number of carbonyl (C=O) groups excluding carboxylic acids is 1. The topological polar surface area (TPSA) is 63.3 Å². The summed E-state index contributed by atoms with van der Waals surface area (Å²) in [4.78, 5) is 10.1. The van der Waals surface area contributed by atoms with Crippen LogP contribution in [0.4, 0.5) is 0 Å². The summed E-state index contributed by atoms with van der Waals surface area (Å²) in [6, 6.07) is 0. The van der Waals surface area contributed by atoms with Crippen molar-refractivity contribution in [2.24, 2.45) is 5.73 Å². The van der Waals surface area contributed by atoms with Gasteiger partial charge in [0, 0.05) is 12.5 Å². The lowest BCUT2D eigenvalue weighted by molar-refractivity contribution is -0.113. The summed E-state index contributed by atoms with van der Waals surface area (Å²) >= 11 is 0. The molecule has 0 aromatic rings. The molecule has 0 aromatic heterocycles. The molecule has 0 heterocycles. The molecule has 9 heavy (non-hydrogen) atoms. The molecule has 1 amide bonds. The minimum absolute atomic E-state index is 0.0602. The van der Waals surface area contributed by atoms with E-state index in [1.807, 2.05) is 6.92 Å². The van der Waals surface area contributed by atoms with Gasteiger partial charge in [0.25, 0.3) is 0 Å². The van der Waals surface area contributed by atoms with Crippen LogP contribution in [0.3, 0.4) is 0 Å². The number of aliphatic hydroxyl groups excluding tert-OH is 1. The molecule has 0 spiro atoms. The number of amides is 1. The molecule has 0 unspecified atom stereocenters. The van der Waals surface area contributed by atoms with Crippen LogP contribution < -0.4 is 5.73 Å². The van der Waals surface area contributed by atoms with Gasteiger partial charge in [0.1, 0.15) is 0 Å². The van der Waals surface area contributed by atoms with Crippen LogP contribution in [0, 0.1) is 0 Å². The number of primary amides is 1. The van der Waals surface area contributed by atoms with Crippen molar-refractivity contribution in [2.75, 3.05) is 0 Å². The number of hydrogen-bond acceptors (Lipinski definition) is 2. The van der Waals surface area contributed by atoms with Crippen LogP contribution in [0.2, 0.25) is 0 Å². The second kappa shape index (κ2) is 3.95. The van der Waals surface area contributed by atoms with E-state index < -0.39 is 5.91 Å². The number of carbonyl (C=O) groups is 1. The lowest BCUT2D eigenvalue weighted by Crippen LogP contribution is -2.07. The number of allylic oxidation sites excluding steroid dienone is 1. The Hall–Kier alpha value is -0.990. The first-order valence-corrected chi connectivity index (χ1v) is 2.85. The van der Waals surface area contributed by atoms with Crippen molar-refractivity contribution in [3.63, 3.8) is 0 Å². The van der Waals surface area contributed by atoms with Gasteiger partial charge in [0.2, 0.25) is 5.91 Å². The Bertz CT molecular complexity index is 129. The maximum Gasteiger partial charge on any atom is 0.244 e. The molecule has 0 saturated heterocycles. The summed E-state index contributed by atoms with van der Waals surface area (Å²) in [5.41, 5.74) is 4.75. The summed E-state index contributed by atoms with van der Waals surface area (Å²) in [6.45, 7) is 1.91. The SMILES string of the molecule is CCC/C(O)=C/C(N)=O. The lowest BCUT2D eigenvalue weighted by atomic mass is 10.3. The highest BCUT2D eigenvalue weighted by Gasteiger charge is 1.91. The summed E-state index contributed by atoms with van der Waals surface area (Å²) in [7, 11) is 0. The van der Waals surface area contributed by atoms with Crippen molar-refractivity contribution in [1.82, 2.24) is 0 Å². The first kappa shape index (κ1) is 8.01. The van der Waals surface area contributed by atoms with E-state index in [0.29, 0.717) is 6.42 Å². The molecule has 0 aromatic carbocycles. The average molecular weight is 129 g/mol. The number of aliphatic hydroxyl groups is 1. The smallest absolute Gasteiger partial charge is 0.244 e. The van der Waals surface area contributed by atoms with Gasteiger partial charge < -0.3 is 10.8 Å². The Kier molecular flexibility index (Phi) is 3.51. The van der Waals surface area contributed by atoms with Crippen molar-refractivity contribution >= 4 is 5.91 Å². The molecular weight excluding hydrogens is 118 g/mol. The van der Waals surface area contributed by atoms with Crippen LogP contribution in [0.5, 0.6) is 0 Å². The monoisotopic (exact) mass is 129 g/mol. The highest BCUT2D eigenvalue weighted by molar-refractivity contribution is 5.86. The van der Waals surface area contributed by atoms with Crippen LogP contribution in [0.1, 0.15) is 19.8 Å². The Balaban J connectivity index is 3.69. The minimum atomic E-state index is -0.596. The molecule has 3 N–H and O–H groups in total. The molecule has 52 valence electrons. The zero-order valence-electron chi connectivity index (χ0n) is 5.42. The Morgan fingerprint density at radius 2 is 2.33 bits per heavy atom. The summed E-state index contributed by atoms with van der Waals surface area (Å²) in [6.07, 6.45) is 2.36. The van der Waals surface area contributed by atoms with Crippen molar-refractivity contribution in [1.29, 1.82) is 0 Å². The fourth-order valence-electron chi connectivity index (χ4n) is 0.493. The maximum atomic E-state index is 10.1. The summed E-state index contributed by atoms with van der Waals surface area (Å²) < 4.78 is 0. The van der Waals surface area contributed by atoms with Crippen molar-refractivity contribution in [3.8, 4) is 0 Å². The average Bonchev–Trinajstić information content (AvgIpc) is 1.63. The first-order chi connectivity index (χ1) is 4.16. The van der Waals surface area contributed by atoms with E-state index in [1.54, 1.807) is 0 Å². The fourth-order valence-corrected chi connectivity index (χ4v) is 0.493. The quantitative estimate of drug-likeness (QED) is 0.435. The van der Waals surface area contributed by atoms with Gasteiger partial charge in [-0.3, -0.25) is 4.79 Å². The highest BCUT2D eigenvalue weighted by Crippen LogP contribution is 1.97. The molecule has 0 aliphatic heterocycles. The number of rotatable bonds is 3. The van der Waals surface area contributed by atoms with Gasteiger partial charge in [-0.05, 0) is 6.42 Å². The highest BCUT2D eigenvalue weighted by atomic mass is 16.3. The first-order valence-electron chi connectivity index (χ1n) is 2.85. The summed E-state index contributed by atoms with van der Waals surface area (Å²) in [5, 5.41) is 8.78. The molecule has 3 heteroatoms. The van der Waals surface area contributed by atoms with Crippen molar-refractivity contribution < 1.29 is 9.90 Å². The maximum absolute atomic E-state index is 10.1. The molecule has 0 atom stereocenters. The Labute approximate surface area is 54.2 Å². The van der Waals surface area contributed by atoms with Crippen molar-refractivity contribution in [3.05, 3.63) is 11.8 Å². The van der Waals surface area contributed by atoms with Gasteiger partial charge in [-0.25, -0.2) is 0 Å². The van der Waals surface area contributed by atoms with E-state index in [0.717, 1.165) is 12.5 Å². The van der Waals surface area contributed by atoms with E-state index in [4.69, 9.17) is 10.8 Å². The van der Waals surface area contributed by atoms with E-state index >= 15 is 0 Å². The molecule has 0 aliphatic carbocycles. The molecule has 3 nitrogen and oxygen atoms in total. The normalized spacial score (nSPS) is 11.4. The number of nitrogens with two attached hydrogens (primary N) is 1. The molecule has 0 aliphatic rings. The third-order valence-electron chi connectivity index (χ3n) is 0.815. The summed E-state index contributed by atoms with van der Waals surface area (Å²) in [5.74, 6) is -0.536. The van der Waals surface area contributed by atoms with Gasteiger partial charge in [-0.15, -0.1) is 0 Å². The Morgan fingerprint density at radius 1 is 1.78 bits per heavy atom. The lowest BCUT2D eigenvalue weighted by Gasteiger charge is -1.91. The van der Waals surface area contributed by atoms with Gasteiger partial charge in [0.15, 0.2) is 0 Å². The molecule has 0 fully saturated rings. The predicted molar refractivity (Wildman–Crippen MR) is 34.8 cm³/mol. The van der Waals surface area contributed by atoms with Crippen LogP contribution in [-0.2, 0) is 4.79 Å². The van der Waals surface area contributed by atoms with Gasteiger partial charge in [0.05, 0.1) is 5.76 Å². The van der Waals surface area contributed by atoms with E-state index in [9.17, 15) is 4.79 Å². The van der Waals surface area contributed by atoms with E-state index in [2.05, 4.69) is 0 Å². The fraction of sp³-hybridized carbons (Fsp3) is 0.500. The van der Waals surface area contributed by atoms with E-state index in [-0.39, 0.29) is 5.76 Å². The van der Waals surface area contributed by atoms with E-state index in [1.165, 1.54) is 0 Å². The molecule has 0 rings (SSSR count). The third kappa shape index (κ3) is 4.87. The second-order valence-corrected chi connectivity index (χ2v) is 1.79.